The highest BCUT2D eigenvalue weighted by atomic mass is 19.1. The summed E-state index contributed by atoms with van der Waals surface area (Å²) in [5, 5.41) is 5.69. The summed E-state index contributed by atoms with van der Waals surface area (Å²) in [5.74, 6) is -0.552. The quantitative estimate of drug-likeness (QED) is 0.878. The fraction of sp³-hybridized carbons (Fsp3) is 0.556. The van der Waals surface area contributed by atoms with Crippen molar-refractivity contribution in [2.24, 2.45) is 5.92 Å². The number of benzene rings is 1. The van der Waals surface area contributed by atoms with E-state index in [2.05, 4.69) is 10.6 Å². The predicted molar refractivity (Wildman–Crippen MR) is 92.1 cm³/mol. The second-order valence-corrected chi connectivity index (χ2v) is 7.27. The molecule has 1 aliphatic carbocycles. The molecule has 1 saturated heterocycles. The van der Waals surface area contributed by atoms with Crippen LogP contribution in [0, 0.1) is 11.7 Å². The summed E-state index contributed by atoms with van der Waals surface area (Å²) in [6, 6.07) is 3.59. The van der Waals surface area contributed by atoms with Crippen LogP contribution in [0.25, 0.3) is 0 Å². The lowest BCUT2D eigenvalue weighted by atomic mass is 9.90. The molecular weight excluding hydrogens is 325 g/mol. The van der Waals surface area contributed by atoms with E-state index in [0.29, 0.717) is 18.2 Å². The summed E-state index contributed by atoms with van der Waals surface area (Å²) in [4.78, 5) is 25.7. The molecule has 7 heteroatoms. The zero-order chi connectivity index (χ0) is 18.2. The number of hydrogen-bond donors (Lipinski definition) is 2. The molecule has 3 amide bonds. The number of carbonyl (C=O) groups excluding carboxylic acids is 2. The van der Waals surface area contributed by atoms with E-state index in [-0.39, 0.29) is 17.7 Å². The Balaban J connectivity index is 1.69. The number of carbonyl (C=O) groups is 2. The van der Waals surface area contributed by atoms with Crippen LogP contribution in [0.15, 0.2) is 18.2 Å². The van der Waals surface area contributed by atoms with Crippen LogP contribution < -0.4 is 10.6 Å². The van der Waals surface area contributed by atoms with Crippen LogP contribution in [0.4, 0.5) is 14.9 Å². The van der Waals surface area contributed by atoms with E-state index in [9.17, 15) is 14.0 Å². The molecule has 0 spiro atoms. The first-order chi connectivity index (χ1) is 11.8. The third kappa shape index (κ3) is 3.76. The zero-order valence-electron chi connectivity index (χ0n) is 14.8. The summed E-state index contributed by atoms with van der Waals surface area (Å²) < 4.78 is 19.7. The van der Waals surface area contributed by atoms with Crippen molar-refractivity contribution in [2.75, 3.05) is 26.0 Å². The first-order valence-electron chi connectivity index (χ1n) is 8.52. The number of ether oxygens (including phenoxy) is 1. The molecule has 0 aromatic heterocycles. The first kappa shape index (κ1) is 17.7. The second-order valence-electron chi connectivity index (χ2n) is 7.27. The molecule has 2 N–H and O–H groups in total. The van der Waals surface area contributed by atoms with E-state index in [4.69, 9.17) is 4.74 Å². The van der Waals surface area contributed by atoms with Gasteiger partial charge in [-0.25, -0.2) is 9.18 Å². The second kappa shape index (κ2) is 6.63. The lowest BCUT2D eigenvalue weighted by Crippen LogP contribution is -2.53. The maximum atomic E-state index is 13.9. The topological polar surface area (TPSA) is 70.7 Å². The molecule has 3 rings (SSSR count). The zero-order valence-corrected chi connectivity index (χ0v) is 14.8. The number of urea groups is 1. The minimum absolute atomic E-state index is 0.0392. The van der Waals surface area contributed by atoms with Crippen LogP contribution in [-0.2, 0) is 4.74 Å². The average Bonchev–Trinajstić information content (AvgIpc) is 3.31. The van der Waals surface area contributed by atoms with Crippen LogP contribution in [0.1, 0.15) is 36.5 Å². The SMILES string of the molecule is CN(C)C(=O)c1cc(NC(=O)NC2(C)CCOC2C2CC2)ccc1F. The normalized spacial score (nSPS) is 25.5. The predicted octanol–water partition coefficient (Wildman–Crippen LogP) is 2.61. The van der Waals surface area contributed by atoms with Gasteiger partial charge in [-0.05, 0) is 50.3 Å². The first-order valence-corrected chi connectivity index (χ1v) is 8.52. The van der Waals surface area contributed by atoms with Gasteiger partial charge in [-0.3, -0.25) is 4.79 Å². The minimum atomic E-state index is -0.616. The molecule has 1 aromatic rings. The summed E-state index contributed by atoms with van der Waals surface area (Å²) in [5.41, 5.74) is -0.114. The van der Waals surface area contributed by atoms with E-state index < -0.39 is 17.3 Å². The Morgan fingerprint density at radius 1 is 1.32 bits per heavy atom. The molecule has 2 unspecified atom stereocenters. The minimum Gasteiger partial charge on any atom is -0.375 e. The maximum absolute atomic E-state index is 13.9. The number of anilines is 1. The van der Waals surface area contributed by atoms with Crippen molar-refractivity contribution in [3.8, 4) is 0 Å². The van der Waals surface area contributed by atoms with Gasteiger partial charge >= 0.3 is 6.03 Å². The van der Waals surface area contributed by atoms with Gasteiger partial charge in [-0.2, -0.15) is 0 Å². The van der Waals surface area contributed by atoms with E-state index in [1.54, 1.807) is 14.1 Å². The number of halogens is 1. The number of nitrogens with zero attached hydrogens (tertiary/aromatic N) is 1. The molecule has 2 aliphatic rings. The molecule has 1 aromatic carbocycles. The van der Waals surface area contributed by atoms with Crippen molar-refractivity contribution >= 4 is 17.6 Å². The van der Waals surface area contributed by atoms with Crippen molar-refractivity contribution in [2.45, 2.75) is 37.8 Å². The molecule has 136 valence electrons. The summed E-state index contributed by atoms with van der Waals surface area (Å²) in [6.45, 7) is 2.63. The van der Waals surface area contributed by atoms with Gasteiger partial charge in [-0.1, -0.05) is 0 Å². The van der Waals surface area contributed by atoms with Gasteiger partial charge < -0.3 is 20.3 Å². The highest BCUT2D eigenvalue weighted by molar-refractivity contribution is 5.97. The molecule has 1 saturated carbocycles. The van der Waals surface area contributed by atoms with E-state index in [1.807, 2.05) is 6.92 Å². The van der Waals surface area contributed by atoms with Gasteiger partial charge in [0.15, 0.2) is 0 Å². The van der Waals surface area contributed by atoms with Crippen molar-refractivity contribution < 1.29 is 18.7 Å². The molecule has 2 atom stereocenters. The summed E-state index contributed by atoms with van der Waals surface area (Å²) >= 11 is 0. The fourth-order valence-electron chi connectivity index (χ4n) is 3.34. The van der Waals surface area contributed by atoms with E-state index >= 15 is 0 Å². The Labute approximate surface area is 146 Å². The van der Waals surface area contributed by atoms with Crippen molar-refractivity contribution in [3.05, 3.63) is 29.6 Å². The standard InChI is InChI=1S/C18H24FN3O3/c1-18(8-9-25-15(18)11-4-5-11)21-17(24)20-12-6-7-14(19)13(10-12)16(23)22(2)3/h6-7,10-11,15H,4-5,8-9H2,1-3H3,(H2,20,21,24). The van der Waals surface area contributed by atoms with E-state index in [0.717, 1.165) is 19.3 Å². The summed E-state index contributed by atoms with van der Waals surface area (Å²) in [7, 11) is 3.10. The molecular formula is C18H24FN3O3. The molecule has 6 nitrogen and oxygen atoms in total. The number of nitrogens with one attached hydrogen (secondary N) is 2. The van der Waals surface area contributed by atoms with Gasteiger partial charge in [-0.15, -0.1) is 0 Å². The van der Waals surface area contributed by atoms with Crippen LogP contribution >= 0.6 is 0 Å². The van der Waals surface area contributed by atoms with Crippen LogP contribution in [0.5, 0.6) is 0 Å². The third-order valence-electron chi connectivity index (χ3n) is 4.86. The van der Waals surface area contributed by atoms with Crippen LogP contribution in [0.3, 0.4) is 0 Å². The Bertz CT molecular complexity index is 690. The van der Waals surface area contributed by atoms with Crippen molar-refractivity contribution in [1.29, 1.82) is 0 Å². The molecule has 2 fully saturated rings. The van der Waals surface area contributed by atoms with Gasteiger partial charge in [0.2, 0.25) is 0 Å². The van der Waals surface area contributed by atoms with Crippen molar-refractivity contribution in [1.82, 2.24) is 10.2 Å². The largest absolute Gasteiger partial charge is 0.375 e. The smallest absolute Gasteiger partial charge is 0.319 e. The van der Waals surface area contributed by atoms with Crippen LogP contribution in [-0.4, -0.2) is 49.2 Å². The number of rotatable bonds is 4. The highest BCUT2D eigenvalue weighted by Gasteiger charge is 2.49. The van der Waals surface area contributed by atoms with Gasteiger partial charge in [0.25, 0.3) is 5.91 Å². The van der Waals surface area contributed by atoms with Crippen LogP contribution in [0.2, 0.25) is 0 Å². The lowest BCUT2D eigenvalue weighted by Gasteiger charge is -2.31. The Morgan fingerprint density at radius 3 is 2.68 bits per heavy atom. The molecule has 0 radical (unpaired) electrons. The molecule has 1 aliphatic heterocycles. The third-order valence-corrected chi connectivity index (χ3v) is 4.86. The average molecular weight is 349 g/mol. The lowest BCUT2D eigenvalue weighted by molar-refractivity contribution is 0.0597. The number of amides is 3. The molecule has 25 heavy (non-hydrogen) atoms. The monoisotopic (exact) mass is 349 g/mol. The maximum Gasteiger partial charge on any atom is 0.319 e. The Morgan fingerprint density at radius 2 is 2.04 bits per heavy atom. The van der Waals surface area contributed by atoms with Gasteiger partial charge in [0.1, 0.15) is 5.82 Å². The molecule has 1 heterocycles. The van der Waals surface area contributed by atoms with Gasteiger partial charge in [0, 0.05) is 26.4 Å². The van der Waals surface area contributed by atoms with E-state index in [1.165, 1.54) is 23.1 Å². The van der Waals surface area contributed by atoms with Gasteiger partial charge in [0.05, 0.1) is 17.2 Å². The number of hydrogen-bond acceptors (Lipinski definition) is 3. The highest BCUT2D eigenvalue weighted by Crippen LogP contribution is 2.43. The Hall–Kier alpha value is -2.15. The Kier molecular flexibility index (Phi) is 4.69. The van der Waals surface area contributed by atoms with Crippen molar-refractivity contribution in [3.63, 3.8) is 0 Å². The molecule has 0 bridgehead atoms. The summed E-state index contributed by atoms with van der Waals surface area (Å²) in [6.07, 6.45) is 3.07. The fourth-order valence-corrected chi connectivity index (χ4v) is 3.34.